The van der Waals surface area contributed by atoms with E-state index < -0.39 is 17.6 Å². The summed E-state index contributed by atoms with van der Waals surface area (Å²) in [7, 11) is 0. The summed E-state index contributed by atoms with van der Waals surface area (Å²) >= 11 is 0. The molecule has 0 amide bonds. The second-order valence-electron chi connectivity index (χ2n) is 3.38. The van der Waals surface area contributed by atoms with E-state index in [2.05, 4.69) is 0 Å². The molecule has 1 aromatic carbocycles. The van der Waals surface area contributed by atoms with Gasteiger partial charge in [-0.1, -0.05) is 6.07 Å². The third kappa shape index (κ3) is 3.18. The van der Waals surface area contributed by atoms with Gasteiger partial charge in [0.05, 0.1) is 11.5 Å². The Morgan fingerprint density at radius 2 is 2.25 bits per heavy atom. The van der Waals surface area contributed by atoms with Crippen LogP contribution in [0.1, 0.15) is 5.56 Å². The molecule has 88 valence electrons. The lowest BCUT2D eigenvalue weighted by Gasteiger charge is -2.10. The van der Waals surface area contributed by atoms with E-state index in [4.69, 9.17) is 14.9 Å². The van der Waals surface area contributed by atoms with Gasteiger partial charge in [-0.15, -0.1) is 0 Å². The maximum absolute atomic E-state index is 10.7. The van der Waals surface area contributed by atoms with Crippen molar-refractivity contribution in [1.82, 2.24) is 0 Å². The van der Waals surface area contributed by atoms with Gasteiger partial charge in [-0.25, -0.2) is 0 Å². The van der Waals surface area contributed by atoms with E-state index in [0.717, 1.165) is 5.56 Å². The molecule has 0 aromatic heterocycles. The first kappa shape index (κ1) is 12.4. The van der Waals surface area contributed by atoms with E-state index in [1.807, 2.05) is 0 Å². The van der Waals surface area contributed by atoms with Crippen LogP contribution in [-0.2, 0) is 0 Å². The highest BCUT2D eigenvalue weighted by Crippen LogP contribution is 2.27. The van der Waals surface area contributed by atoms with Gasteiger partial charge in [0.2, 0.25) is 0 Å². The smallest absolute Gasteiger partial charge is 0.311 e. The van der Waals surface area contributed by atoms with Crippen molar-refractivity contribution in [2.45, 2.75) is 13.0 Å². The molecular formula is C10H13NO5. The van der Waals surface area contributed by atoms with Crippen molar-refractivity contribution in [3.63, 3.8) is 0 Å². The van der Waals surface area contributed by atoms with Gasteiger partial charge < -0.3 is 14.9 Å². The van der Waals surface area contributed by atoms with Gasteiger partial charge >= 0.3 is 5.69 Å². The third-order valence-corrected chi connectivity index (χ3v) is 1.95. The van der Waals surface area contributed by atoms with Gasteiger partial charge in [0.15, 0.2) is 5.75 Å². The molecule has 1 rings (SSSR count). The highest BCUT2D eigenvalue weighted by Gasteiger charge is 2.16. The van der Waals surface area contributed by atoms with Crippen LogP contribution in [0.5, 0.6) is 5.75 Å². The third-order valence-electron chi connectivity index (χ3n) is 1.95. The number of nitro groups is 1. The molecule has 0 saturated heterocycles. The Labute approximate surface area is 92.2 Å². The molecule has 1 atom stereocenters. The van der Waals surface area contributed by atoms with E-state index >= 15 is 0 Å². The number of hydrogen-bond acceptors (Lipinski definition) is 5. The van der Waals surface area contributed by atoms with Crippen LogP contribution in [0.2, 0.25) is 0 Å². The summed E-state index contributed by atoms with van der Waals surface area (Å²) in [6.45, 7) is 1.11. The minimum atomic E-state index is -1.04. The van der Waals surface area contributed by atoms with Gasteiger partial charge in [-0.2, -0.15) is 0 Å². The van der Waals surface area contributed by atoms with Gasteiger partial charge in [-0.05, 0) is 18.6 Å². The number of nitro benzene ring substituents is 1. The van der Waals surface area contributed by atoms with Crippen molar-refractivity contribution in [2.24, 2.45) is 0 Å². The number of aliphatic hydroxyl groups excluding tert-OH is 2. The van der Waals surface area contributed by atoms with E-state index in [1.54, 1.807) is 13.0 Å². The quantitative estimate of drug-likeness (QED) is 0.568. The number of rotatable bonds is 5. The maximum atomic E-state index is 10.7. The van der Waals surface area contributed by atoms with Gasteiger partial charge in [0.25, 0.3) is 0 Å². The van der Waals surface area contributed by atoms with Crippen molar-refractivity contribution in [1.29, 1.82) is 0 Å². The van der Waals surface area contributed by atoms with Crippen LogP contribution in [0.3, 0.4) is 0 Å². The van der Waals surface area contributed by atoms with Gasteiger partial charge in [0, 0.05) is 6.07 Å². The summed E-state index contributed by atoms with van der Waals surface area (Å²) in [5, 5.41) is 28.3. The van der Waals surface area contributed by atoms with Crippen LogP contribution < -0.4 is 4.74 Å². The molecular weight excluding hydrogens is 214 g/mol. The molecule has 0 bridgehead atoms. The predicted octanol–water partition coefficient (Wildman–Crippen LogP) is 0.635. The lowest BCUT2D eigenvalue weighted by atomic mass is 10.2. The fourth-order valence-electron chi connectivity index (χ4n) is 1.13. The molecule has 6 heteroatoms. The van der Waals surface area contributed by atoms with E-state index in [1.165, 1.54) is 12.1 Å². The minimum Gasteiger partial charge on any atom is -0.484 e. The summed E-state index contributed by atoms with van der Waals surface area (Å²) in [5.41, 5.74) is 0.604. The largest absolute Gasteiger partial charge is 0.484 e. The zero-order valence-corrected chi connectivity index (χ0v) is 8.79. The van der Waals surface area contributed by atoms with Gasteiger partial charge in [0.1, 0.15) is 12.7 Å². The average molecular weight is 227 g/mol. The molecule has 1 unspecified atom stereocenters. The minimum absolute atomic E-state index is 0.0862. The second kappa shape index (κ2) is 5.43. The summed E-state index contributed by atoms with van der Waals surface area (Å²) in [5.74, 6) is 0.0862. The maximum Gasteiger partial charge on any atom is 0.311 e. The summed E-state index contributed by atoms with van der Waals surface area (Å²) in [4.78, 5) is 10.2. The van der Waals surface area contributed by atoms with Crippen LogP contribution in [0.4, 0.5) is 5.69 Å². The lowest BCUT2D eigenvalue weighted by molar-refractivity contribution is -0.386. The highest BCUT2D eigenvalue weighted by atomic mass is 16.6. The van der Waals surface area contributed by atoms with Crippen molar-refractivity contribution in [3.8, 4) is 5.75 Å². The molecule has 0 aliphatic rings. The Balaban J connectivity index is 2.82. The summed E-state index contributed by atoms with van der Waals surface area (Å²) in [6, 6.07) is 4.53. The molecule has 0 spiro atoms. The van der Waals surface area contributed by atoms with Crippen LogP contribution in [0, 0.1) is 17.0 Å². The molecule has 0 radical (unpaired) electrons. The lowest BCUT2D eigenvalue weighted by Crippen LogP contribution is -2.21. The summed E-state index contributed by atoms with van der Waals surface area (Å²) < 4.78 is 5.05. The first-order valence-corrected chi connectivity index (χ1v) is 4.71. The second-order valence-corrected chi connectivity index (χ2v) is 3.38. The molecule has 6 nitrogen and oxygen atoms in total. The normalized spacial score (nSPS) is 12.2. The Kier molecular flexibility index (Phi) is 4.21. The molecule has 0 aliphatic carbocycles. The van der Waals surface area contributed by atoms with E-state index in [9.17, 15) is 10.1 Å². The Hall–Kier alpha value is -1.66. The number of hydrogen-bond donors (Lipinski definition) is 2. The van der Waals surface area contributed by atoms with E-state index in [0.29, 0.717) is 0 Å². The predicted molar refractivity (Wildman–Crippen MR) is 56.4 cm³/mol. The van der Waals surface area contributed by atoms with E-state index in [-0.39, 0.29) is 18.0 Å². The molecule has 0 aliphatic heterocycles. The SMILES string of the molecule is Cc1ccc(OCC(O)CO)c([N+](=O)[O-])c1. The Bertz CT molecular complexity index is 379. The van der Waals surface area contributed by atoms with Crippen LogP contribution >= 0.6 is 0 Å². The van der Waals surface area contributed by atoms with Crippen molar-refractivity contribution in [3.05, 3.63) is 33.9 Å². The first-order valence-electron chi connectivity index (χ1n) is 4.71. The molecule has 0 saturated carbocycles. The number of ether oxygens (including phenoxy) is 1. The van der Waals surface area contributed by atoms with Crippen molar-refractivity contribution in [2.75, 3.05) is 13.2 Å². The number of benzene rings is 1. The average Bonchev–Trinajstić information content (AvgIpc) is 2.26. The highest BCUT2D eigenvalue weighted by molar-refractivity contribution is 5.48. The number of nitrogens with zero attached hydrogens (tertiary/aromatic N) is 1. The van der Waals surface area contributed by atoms with Gasteiger partial charge in [-0.3, -0.25) is 10.1 Å². The van der Waals surface area contributed by atoms with Crippen molar-refractivity contribution >= 4 is 5.69 Å². The monoisotopic (exact) mass is 227 g/mol. The van der Waals surface area contributed by atoms with Crippen LogP contribution in [-0.4, -0.2) is 34.5 Å². The van der Waals surface area contributed by atoms with Crippen molar-refractivity contribution < 1.29 is 19.9 Å². The number of aryl methyl sites for hydroxylation is 1. The molecule has 2 N–H and O–H groups in total. The Morgan fingerprint density at radius 1 is 1.56 bits per heavy atom. The zero-order chi connectivity index (χ0) is 12.1. The molecule has 1 aromatic rings. The fourth-order valence-corrected chi connectivity index (χ4v) is 1.13. The van der Waals surface area contributed by atoms with Crippen LogP contribution in [0.15, 0.2) is 18.2 Å². The standard InChI is InChI=1S/C10H13NO5/c1-7-2-3-10(9(4-7)11(14)15)16-6-8(13)5-12/h2-4,8,12-13H,5-6H2,1H3. The summed E-state index contributed by atoms with van der Waals surface area (Å²) in [6.07, 6.45) is -1.04. The van der Waals surface area contributed by atoms with Crippen LogP contribution in [0.25, 0.3) is 0 Å². The fraction of sp³-hybridized carbons (Fsp3) is 0.400. The molecule has 0 fully saturated rings. The molecule has 0 heterocycles. The number of aliphatic hydroxyl groups is 2. The Morgan fingerprint density at radius 3 is 2.81 bits per heavy atom. The topological polar surface area (TPSA) is 92.8 Å². The molecule has 16 heavy (non-hydrogen) atoms. The first-order chi connectivity index (χ1) is 7.54. The zero-order valence-electron chi connectivity index (χ0n) is 8.79.